The number of hydrogen-bond acceptors (Lipinski definition) is 5. The van der Waals surface area contributed by atoms with Gasteiger partial charge in [-0.2, -0.15) is 31.4 Å². The summed E-state index contributed by atoms with van der Waals surface area (Å²) in [5.41, 5.74) is -1.18. The molecule has 2 heterocycles. The van der Waals surface area contributed by atoms with Gasteiger partial charge in [0.25, 0.3) is 5.91 Å². The predicted octanol–water partition coefficient (Wildman–Crippen LogP) is 4.85. The van der Waals surface area contributed by atoms with E-state index in [0.717, 1.165) is 29.3 Å². The summed E-state index contributed by atoms with van der Waals surface area (Å²) in [5, 5.41) is 10.4. The molecule has 0 unspecified atom stereocenters. The molecule has 37 heavy (non-hydrogen) atoms. The third-order valence-electron chi connectivity index (χ3n) is 5.51. The number of alkyl halides is 6. The highest BCUT2D eigenvalue weighted by atomic mass is 35.5. The molecule has 3 aromatic rings. The van der Waals surface area contributed by atoms with Crippen LogP contribution in [0.5, 0.6) is 5.88 Å². The van der Waals surface area contributed by atoms with Crippen LogP contribution in [0, 0.1) is 0 Å². The van der Waals surface area contributed by atoms with Gasteiger partial charge in [-0.1, -0.05) is 17.7 Å². The Morgan fingerprint density at radius 2 is 1.95 bits per heavy atom. The topological polar surface area (TPSA) is 86.3 Å². The molecular weight excluding hydrogens is 530 g/mol. The number of nitrogens with zero attached hydrogens (tertiary/aromatic N) is 5. The summed E-state index contributed by atoms with van der Waals surface area (Å²) in [5.74, 6) is -2.33. The molecule has 0 radical (unpaired) electrons. The molecule has 1 aliphatic carbocycles. The van der Waals surface area contributed by atoms with Crippen molar-refractivity contribution in [1.29, 1.82) is 0 Å². The van der Waals surface area contributed by atoms with Crippen molar-refractivity contribution in [2.24, 2.45) is 12.0 Å². The van der Waals surface area contributed by atoms with Crippen LogP contribution in [0.15, 0.2) is 35.6 Å². The second-order valence-electron chi connectivity index (χ2n) is 8.39. The van der Waals surface area contributed by atoms with E-state index in [1.54, 1.807) is 19.3 Å². The maximum absolute atomic E-state index is 13.8. The first-order chi connectivity index (χ1) is 17.2. The van der Waals surface area contributed by atoms with Gasteiger partial charge in [-0.15, -0.1) is 5.10 Å². The van der Waals surface area contributed by atoms with E-state index in [1.165, 1.54) is 24.5 Å². The fourth-order valence-corrected chi connectivity index (χ4v) is 3.88. The van der Waals surface area contributed by atoms with Crippen LogP contribution in [0.4, 0.5) is 26.3 Å². The number of amides is 1. The van der Waals surface area contributed by atoms with Crippen molar-refractivity contribution < 1.29 is 35.9 Å². The first kappa shape index (κ1) is 26.5. The highest BCUT2D eigenvalue weighted by Crippen LogP contribution is 2.41. The molecule has 0 saturated heterocycles. The zero-order valence-electron chi connectivity index (χ0n) is 19.3. The van der Waals surface area contributed by atoms with E-state index in [1.807, 2.05) is 0 Å². The fourth-order valence-electron chi connectivity index (χ4n) is 3.68. The van der Waals surface area contributed by atoms with Gasteiger partial charge in [0.15, 0.2) is 18.0 Å². The molecule has 1 fully saturated rings. The van der Waals surface area contributed by atoms with E-state index >= 15 is 0 Å². The van der Waals surface area contributed by atoms with Gasteiger partial charge < -0.3 is 10.1 Å². The third kappa shape index (κ3) is 5.73. The van der Waals surface area contributed by atoms with Crippen molar-refractivity contribution in [3.8, 4) is 22.8 Å². The minimum absolute atomic E-state index is 0.141. The zero-order valence-corrected chi connectivity index (χ0v) is 20.0. The number of aryl methyl sites for hydroxylation is 1. The Kier molecular flexibility index (Phi) is 6.73. The standard InChI is InChI=1S/C22H19ClF6N6O2/c1-30-10-20(5-6-20)32-17(36)14-7-12(3-4-15(14)23)13-8-31-35(9-13)19-16(22(27,28)29)18(33-34(19)2)37-11-21(24,25)26/h3-4,7-10H,5-6,11H2,1-2H3,(H,32,36). The quantitative estimate of drug-likeness (QED) is 0.338. The number of nitrogens with one attached hydrogen (secondary N) is 1. The van der Waals surface area contributed by atoms with Gasteiger partial charge in [-0.05, 0) is 30.5 Å². The number of hydrogen-bond donors (Lipinski definition) is 1. The van der Waals surface area contributed by atoms with Crippen LogP contribution in [0.1, 0.15) is 28.8 Å². The molecule has 15 heteroatoms. The summed E-state index contributed by atoms with van der Waals surface area (Å²) >= 11 is 6.22. The second kappa shape index (κ2) is 9.39. The minimum atomic E-state index is -5.09. The maximum Gasteiger partial charge on any atom is 0.425 e. The largest absolute Gasteiger partial charge is 0.466 e. The molecule has 0 spiro atoms. The summed E-state index contributed by atoms with van der Waals surface area (Å²) in [6.07, 6.45) is -4.41. The SMILES string of the molecule is CN=CC1(NC(=O)c2cc(-c3cnn(-c4c(C(F)(F)F)c(OCC(F)(F)F)nn4C)c3)ccc2Cl)CC1. The summed E-state index contributed by atoms with van der Waals surface area (Å²) in [6.45, 7) is -1.95. The van der Waals surface area contributed by atoms with E-state index in [9.17, 15) is 31.1 Å². The molecule has 8 nitrogen and oxygen atoms in total. The lowest BCUT2D eigenvalue weighted by Gasteiger charge is -2.13. The Hall–Kier alpha value is -3.55. The van der Waals surface area contributed by atoms with E-state index in [2.05, 4.69) is 25.2 Å². The first-order valence-corrected chi connectivity index (χ1v) is 11.1. The Morgan fingerprint density at radius 1 is 1.24 bits per heavy atom. The highest BCUT2D eigenvalue weighted by Gasteiger charge is 2.44. The number of halogens is 7. The average Bonchev–Trinajstić information content (AvgIpc) is 3.21. The number of benzene rings is 1. The Morgan fingerprint density at radius 3 is 2.54 bits per heavy atom. The molecule has 1 N–H and O–H groups in total. The van der Waals surface area contributed by atoms with Crippen molar-refractivity contribution >= 4 is 23.7 Å². The van der Waals surface area contributed by atoms with Gasteiger partial charge in [0.2, 0.25) is 5.88 Å². The van der Waals surface area contributed by atoms with Crippen LogP contribution in [0.2, 0.25) is 5.02 Å². The maximum atomic E-state index is 13.8. The molecule has 198 valence electrons. The molecule has 0 atom stereocenters. The molecular formula is C22H19ClF6N6O2. The number of carbonyl (C=O) groups is 1. The van der Waals surface area contributed by atoms with Crippen molar-refractivity contribution in [2.75, 3.05) is 13.7 Å². The third-order valence-corrected chi connectivity index (χ3v) is 5.84. The molecule has 1 aromatic carbocycles. The van der Waals surface area contributed by atoms with Crippen LogP contribution in [-0.4, -0.2) is 57.1 Å². The van der Waals surface area contributed by atoms with Gasteiger partial charge in [0, 0.05) is 32.1 Å². The molecule has 1 saturated carbocycles. The van der Waals surface area contributed by atoms with E-state index in [4.69, 9.17) is 11.6 Å². The number of aromatic nitrogens is 4. The molecule has 0 bridgehead atoms. The number of carbonyl (C=O) groups excluding carboxylic acids is 1. The van der Waals surface area contributed by atoms with Crippen molar-refractivity contribution in [3.63, 3.8) is 0 Å². The minimum Gasteiger partial charge on any atom is -0.466 e. The van der Waals surface area contributed by atoms with Crippen molar-refractivity contribution in [1.82, 2.24) is 24.9 Å². The van der Waals surface area contributed by atoms with E-state index in [0.29, 0.717) is 11.1 Å². The second-order valence-corrected chi connectivity index (χ2v) is 8.80. The lowest BCUT2D eigenvalue weighted by molar-refractivity contribution is -0.159. The number of ether oxygens (including phenoxy) is 1. The van der Waals surface area contributed by atoms with Crippen molar-refractivity contribution in [3.05, 3.63) is 46.7 Å². The molecule has 1 amide bonds. The van der Waals surface area contributed by atoms with E-state index in [-0.39, 0.29) is 10.6 Å². The van der Waals surface area contributed by atoms with Crippen molar-refractivity contribution in [2.45, 2.75) is 30.7 Å². The summed E-state index contributed by atoms with van der Waals surface area (Å²) in [4.78, 5) is 16.8. The van der Waals surface area contributed by atoms with Crippen LogP contribution in [0.25, 0.3) is 16.9 Å². The predicted molar refractivity (Wildman–Crippen MR) is 121 cm³/mol. The number of aliphatic imine (C=N–C) groups is 1. The Balaban J connectivity index is 1.67. The normalized spacial score (nSPS) is 15.3. The van der Waals surface area contributed by atoms with Gasteiger partial charge in [-0.3, -0.25) is 9.79 Å². The number of rotatable bonds is 7. The highest BCUT2D eigenvalue weighted by molar-refractivity contribution is 6.34. The van der Waals surface area contributed by atoms with Crippen LogP contribution in [-0.2, 0) is 13.2 Å². The average molecular weight is 549 g/mol. The lowest BCUT2D eigenvalue weighted by Crippen LogP contribution is -2.38. The fraction of sp³-hybridized carbons (Fsp3) is 0.364. The molecule has 4 rings (SSSR count). The van der Waals surface area contributed by atoms with Gasteiger partial charge in [-0.25, -0.2) is 9.36 Å². The summed E-state index contributed by atoms with van der Waals surface area (Å²) in [7, 11) is 2.71. The van der Waals surface area contributed by atoms with Crippen LogP contribution in [0.3, 0.4) is 0 Å². The monoisotopic (exact) mass is 548 g/mol. The van der Waals surface area contributed by atoms with Gasteiger partial charge in [0.05, 0.1) is 22.3 Å². The zero-order chi connectivity index (χ0) is 27.2. The molecule has 2 aromatic heterocycles. The smallest absolute Gasteiger partial charge is 0.425 e. The first-order valence-electron chi connectivity index (χ1n) is 10.7. The Labute approximate surface area is 210 Å². The summed E-state index contributed by atoms with van der Waals surface area (Å²) < 4.78 is 84.9. The lowest BCUT2D eigenvalue weighted by atomic mass is 10.1. The van der Waals surface area contributed by atoms with Gasteiger partial charge in [0.1, 0.15) is 0 Å². The Bertz CT molecular complexity index is 1360. The molecule has 1 aliphatic rings. The molecule has 0 aliphatic heterocycles. The van der Waals surface area contributed by atoms with Crippen LogP contribution < -0.4 is 10.1 Å². The van der Waals surface area contributed by atoms with Gasteiger partial charge >= 0.3 is 12.4 Å². The van der Waals surface area contributed by atoms with E-state index < -0.39 is 47.7 Å². The van der Waals surface area contributed by atoms with Crippen LogP contribution >= 0.6 is 11.6 Å². The summed E-state index contributed by atoms with van der Waals surface area (Å²) in [6, 6.07) is 4.47.